The predicted octanol–water partition coefficient (Wildman–Crippen LogP) is 2.26. The van der Waals surface area contributed by atoms with Crippen molar-refractivity contribution in [2.45, 2.75) is 32.9 Å². The highest BCUT2D eigenvalue weighted by Gasteiger charge is 2.14. The Hall–Kier alpha value is -1.51. The van der Waals surface area contributed by atoms with Crippen molar-refractivity contribution in [2.24, 2.45) is 0 Å². The van der Waals surface area contributed by atoms with E-state index in [4.69, 9.17) is 21.7 Å². The lowest BCUT2D eigenvalue weighted by Gasteiger charge is -2.12. The molecular formula is C14H18N2O4S2. The molecule has 1 unspecified atom stereocenters. The number of thiophene rings is 1. The van der Waals surface area contributed by atoms with Gasteiger partial charge in [-0.3, -0.25) is 14.2 Å². The number of nitrogens with zero attached hydrogens (tertiary/aromatic N) is 1. The Labute approximate surface area is 136 Å². The van der Waals surface area contributed by atoms with Gasteiger partial charge in [-0.1, -0.05) is 6.92 Å². The van der Waals surface area contributed by atoms with E-state index in [2.05, 4.69) is 4.98 Å². The molecule has 120 valence electrons. The van der Waals surface area contributed by atoms with Gasteiger partial charge in [0.25, 0.3) is 5.56 Å². The first-order valence-corrected chi connectivity index (χ1v) is 8.12. The van der Waals surface area contributed by atoms with E-state index in [1.165, 1.54) is 23.0 Å². The fraction of sp³-hybridized carbons (Fsp3) is 0.500. The molecule has 0 bridgehead atoms. The highest BCUT2D eigenvalue weighted by molar-refractivity contribution is 7.71. The summed E-state index contributed by atoms with van der Waals surface area (Å²) in [6, 6.07) is 1.84. The van der Waals surface area contributed by atoms with Gasteiger partial charge in [0.05, 0.1) is 12.0 Å². The number of esters is 1. The summed E-state index contributed by atoms with van der Waals surface area (Å²) in [5, 5.41) is 0.549. The molecule has 0 spiro atoms. The van der Waals surface area contributed by atoms with Gasteiger partial charge in [0.1, 0.15) is 17.5 Å². The van der Waals surface area contributed by atoms with E-state index in [1.54, 1.807) is 6.92 Å². The molecule has 0 aliphatic carbocycles. The molecule has 1 N–H and O–H groups in total. The van der Waals surface area contributed by atoms with Gasteiger partial charge in [0, 0.05) is 12.0 Å². The van der Waals surface area contributed by atoms with Gasteiger partial charge in [-0.2, -0.15) is 0 Å². The molecule has 0 fully saturated rings. The van der Waals surface area contributed by atoms with Crippen molar-refractivity contribution in [1.29, 1.82) is 0 Å². The number of carbonyl (C=O) groups is 1. The van der Waals surface area contributed by atoms with Gasteiger partial charge in [0.2, 0.25) is 0 Å². The molecule has 2 aromatic heterocycles. The number of H-pyrrole nitrogens is 1. The predicted molar refractivity (Wildman–Crippen MR) is 88.1 cm³/mol. The standard InChI is InChI=1S/C14H18N2O4S2/c1-4-9-5-10-12(22-9)15-14(21)16(13(10)18)6-11(17)20-8(2)7-19-3/h5,8H,4,6-7H2,1-3H3,(H,15,21). The largest absolute Gasteiger partial charge is 0.459 e. The molecule has 8 heteroatoms. The lowest BCUT2D eigenvalue weighted by Crippen LogP contribution is -2.29. The van der Waals surface area contributed by atoms with Crippen LogP contribution in [-0.2, 0) is 27.2 Å². The first-order chi connectivity index (χ1) is 10.5. The first kappa shape index (κ1) is 16.9. The van der Waals surface area contributed by atoms with Crippen molar-refractivity contribution < 1.29 is 14.3 Å². The number of carbonyl (C=O) groups excluding carboxylic acids is 1. The Bertz CT molecular complexity index is 790. The third-order valence-electron chi connectivity index (χ3n) is 3.09. The van der Waals surface area contributed by atoms with Crippen LogP contribution in [0.5, 0.6) is 0 Å². The van der Waals surface area contributed by atoms with Crippen molar-refractivity contribution in [3.05, 3.63) is 26.1 Å². The number of aromatic amines is 1. The van der Waals surface area contributed by atoms with Crippen molar-refractivity contribution in [3.63, 3.8) is 0 Å². The number of hydrogen-bond donors (Lipinski definition) is 1. The van der Waals surface area contributed by atoms with Crippen molar-refractivity contribution in [3.8, 4) is 0 Å². The molecule has 0 aliphatic rings. The molecule has 0 aliphatic heterocycles. The summed E-state index contributed by atoms with van der Waals surface area (Å²) >= 11 is 6.68. The van der Waals surface area contributed by atoms with Gasteiger partial charge in [-0.25, -0.2) is 0 Å². The average molecular weight is 342 g/mol. The maximum Gasteiger partial charge on any atom is 0.326 e. The smallest absolute Gasteiger partial charge is 0.326 e. The molecule has 0 saturated heterocycles. The summed E-state index contributed by atoms with van der Waals surface area (Å²) in [4.78, 5) is 29.2. The third-order valence-corrected chi connectivity index (χ3v) is 4.61. The summed E-state index contributed by atoms with van der Waals surface area (Å²) in [6.45, 7) is 3.83. The Morgan fingerprint density at radius 2 is 2.27 bits per heavy atom. The minimum Gasteiger partial charge on any atom is -0.459 e. The highest BCUT2D eigenvalue weighted by Crippen LogP contribution is 2.21. The van der Waals surface area contributed by atoms with E-state index in [0.717, 1.165) is 16.1 Å². The monoisotopic (exact) mass is 342 g/mol. The molecule has 1 atom stereocenters. The summed E-state index contributed by atoms with van der Waals surface area (Å²) in [7, 11) is 1.53. The van der Waals surface area contributed by atoms with Gasteiger partial charge in [-0.05, 0) is 31.6 Å². The zero-order chi connectivity index (χ0) is 16.3. The quantitative estimate of drug-likeness (QED) is 0.644. The molecule has 0 radical (unpaired) electrons. The second kappa shape index (κ2) is 7.17. The summed E-state index contributed by atoms with van der Waals surface area (Å²) in [5.74, 6) is -0.517. The highest BCUT2D eigenvalue weighted by atomic mass is 32.1. The number of aryl methyl sites for hydroxylation is 1. The number of ether oxygens (including phenoxy) is 2. The molecule has 0 saturated carbocycles. The number of rotatable bonds is 6. The van der Waals surface area contributed by atoms with E-state index in [-0.39, 0.29) is 23.0 Å². The lowest BCUT2D eigenvalue weighted by molar-refractivity contribution is -0.151. The molecule has 0 amide bonds. The molecule has 6 nitrogen and oxygen atoms in total. The van der Waals surface area contributed by atoms with Crippen LogP contribution in [0, 0.1) is 4.77 Å². The van der Waals surface area contributed by atoms with Crippen LogP contribution >= 0.6 is 23.6 Å². The SMILES string of the molecule is CCc1cc2c(=O)n(CC(=O)OC(C)COC)c(=S)[nH]c2s1. The number of aromatic nitrogens is 2. The summed E-state index contributed by atoms with van der Waals surface area (Å²) < 4.78 is 11.5. The Balaban J connectivity index is 2.29. The fourth-order valence-corrected chi connectivity index (χ4v) is 3.37. The fourth-order valence-electron chi connectivity index (χ4n) is 2.07. The van der Waals surface area contributed by atoms with Crippen molar-refractivity contribution in [2.75, 3.05) is 13.7 Å². The summed E-state index contributed by atoms with van der Waals surface area (Å²) in [5.41, 5.74) is -0.272. The Morgan fingerprint density at radius 3 is 2.91 bits per heavy atom. The lowest BCUT2D eigenvalue weighted by atomic mass is 10.3. The second-order valence-electron chi connectivity index (χ2n) is 4.89. The minimum absolute atomic E-state index is 0.213. The van der Waals surface area contributed by atoms with E-state index in [9.17, 15) is 9.59 Å². The van der Waals surface area contributed by atoms with Crippen LogP contribution in [0.2, 0.25) is 0 Å². The minimum atomic E-state index is -0.517. The normalized spacial score (nSPS) is 12.5. The Morgan fingerprint density at radius 1 is 1.55 bits per heavy atom. The topological polar surface area (TPSA) is 73.3 Å². The van der Waals surface area contributed by atoms with Crippen molar-refractivity contribution in [1.82, 2.24) is 9.55 Å². The number of fused-ring (bicyclic) bond motifs is 1. The van der Waals surface area contributed by atoms with Gasteiger partial charge in [-0.15, -0.1) is 11.3 Å². The zero-order valence-electron chi connectivity index (χ0n) is 12.7. The molecule has 2 aromatic rings. The number of hydrogen-bond acceptors (Lipinski definition) is 6. The van der Waals surface area contributed by atoms with Crippen LogP contribution in [0.25, 0.3) is 10.2 Å². The second-order valence-corrected chi connectivity index (χ2v) is 6.41. The number of nitrogens with one attached hydrogen (secondary N) is 1. The van der Waals surface area contributed by atoms with Gasteiger partial charge >= 0.3 is 5.97 Å². The maximum absolute atomic E-state index is 12.5. The molecule has 22 heavy (non-hydrogen) atoms. The van der Waals surface area contributed by atoms with Crippen molar-refractivity contribution >= 4 is 39.7 Å². The van der Waals surface area contributed by atoms with E-state index in [1.807, 2.05) is 13.0 Å². The van der Waals surface area contributed by atoms with Crippen LogP contribution in [0.3, 0.4) is 0 Å². The molecule has 2 rings (SSSR count). The zero-order valence-corrected chi connectivity index (χ0v) is 14.3. The molecule has 0 aromatic carbocycles. The van der Waals surface area contributed by atoms with Crippen LogP contribution in [0.1, 0.15) is 18.7 Å². The first-order valence-electron chi connectivity index (χ1n) is 6.90. The van der Waals surface area contributed by atoms with Gasteiger partial charge in [0.15, 0.2) is 4.77 Å². The van der Waals surface area contributed by atoms with E-state index < -0.39 is 5.97 Å². The van der Waals surface area contributed by atoms with Crippen LogP contribution in [-0.4, -0.2) is 35.3 Å². The van der Waals surface area contributed by atoms with Crippen LogP contribution in [0.15, 0.2) is 10.9 Å². The summed E-state index contributed by atoms with van der Waals surface area (Å²) in [6.07, 6.45) is 0.470. The van der Waals surface area contributed by atoms with E-state index in [0.29, 0.717) is 12.0 Å². The van der Waals surface area contributed by atoms with Crippen LogP contribution in [0.4, 0.5) is 0 Å². The van der Waals surface area contributed by atoms with Gasteiger partial charge < -0.3 is 14.5 Å². The third kappa shape index (κ3) is 3.63. The van der Waals surface area contributed by atoms with E-state index >= 15 is 0 Å². The average Bonchev–Trinajstić information content (AvgIpc) is 2.86. The number of methoxy groups -OCH3 is 1. The van der Waals surface area contributed by atoms with Crippen LogP contribution < -0.4 is 5.56 Å². The Kier molecular flexibility index (Phi) is 5.49. The molecular weight excluding hydrogens is 324 g/mol. The maximum atomic E-state index is 12.5. The molecule has 2 heterocycles.